The summed E-state index contributed by atoms with van der Waals surface area (Å²) in [6, 6.07) is 0. The van der Waals surface area contributed by atoms with Crippen molar-refractivity contribution >= 4 is 5.97 Å². The molecule has 0 saturated carbocycles. The van der Waals surface area contributed by atoms with Crippen molar-refractivity contribution in [3.8, 4) is 0 Å². The van der Waals surface area contributed by atoms with Crippen LogP contribution in [0.5, 0.6) is 0 Å². The summed E-state index contributed by atoms with van der Waals surface area (Å²) in [6.07, 6.45) is 1.86. The second kappa shape index (κ2) is 4.28. The zero-order chi connectivity index (χ0) is 10.8. The highest BCUT2D eigenvalue weighted by atomic mass is 16.6. The van der Waals surface area contributed by atoms with Gasteiger partial charge in [0, 0.05) is 13.1 Å². The first-order chi connectivity index (χ1) is 6.38. The Labute approximate surface area is 85.4 Å². The molecular weight excluding hydrogens is 180 g/mol. The predicted octanol–water partition coefficient (Wildman–Crippen LogP) is 0.914. The molecule has 0 bridgehead atoms. The van der Waals surface area contributed by atoms with E-state index in [0.29, 0.717) is 6.54 Å². The molecule has 0 amide bonds. The largest absolute Gasteiger partial charge is 0.460 e. The fourth-order valence-corrected chi connectivity index (χ4v) is 1.58. The van der Waals surface area contributed by atoms with Crippen LogP contribution in [0.4, 0.5) is 0 Å². The van der Waals surface area contributed by atoms with Crippen molar-refractivity contribution in [2.45, 2.75) is 39.2 Å². The molecule has 14 heavy (non-hydrogen) atoms. The van der Waals surface area contributed by atoms with Gasteiger partial charge in [0.2, 0.25) is 0 Å². The van der Waals surface area contributed by atoms with Crippen LogP contribution in [-0.2, 0) is 9.53 Å². The summed E-state index contributed by atoms with van der Waals surface area (Å²) in [5.74, 6) is 5.49. The van der Waals surface area contributed by atoms with Crippen LogP contribution in [-0.4, -0.2) is 29.7 Å². The van der Waals surface area contributed by atoms with E-state index in [4.69, 9.17) is 10.6 Å². The van der Waals surface area contributed by atoms with Gasteiger partial charge in [-0.05, 0) is 33.6 Å². The molecule has 0 unspecified atom stereocenters. The molecule has 0 aromatic carbocycles. The maximum absolute atomic E-state index is 11.7. The third-order valence-corrected chi connectivity index (χ3v) is 2.19. The van der Waals surface area contributed by atoms with Crippen LogP contribution in [0.1, 0.15) is 33.6 Å². The number of carbonyl (C=O) groups excluding carboxylic acids is 1. The molecule has 1 atom stereocenters. The number of hydrazine groups is 1. The first kappa shape index (κ1) is 11.5. The van der Waals surface area contributed by atoms with Crippen LogP contribution in [0.25, 0.3) is 0 Å². The fourth-order valence-electron chi connectivity index (χ4n) is 1.58. The number of ether oxygens (including phenoxy) is 1. The quantitative estimate of drug-likeness (QED) is 0.505. The normalized spacial score (nSPS) is 24.7. The number of hydrogen-bond acceptors (Lipinski definition) is 4. The Morgan fingerprint density at radius 3 is 2.64 bits per heavy atom. The van der Waals surface area contributed by atoms with E-state index in [-0.39, 0.29) is 11.9 Å². The molecular formula is C10H20N2O2. The van der Waals surface area contributed by atoms with Gasteiger partial charge in [0.25, 0.3) is 0 Å². The standard InChI is InChI=1S/C10H20N2O2/c1-10(2,3)14-9(13)8-5-4-6-12(11)7-8/h8H,4-7,11H2,1-3H3/t8-/m1/s1. The number of nitrogens with zero attached hydrogens (tertiary/aromatic N) is 1. The van der Waals surface area contributed by atoms with Crippen molar-refractivity contribution in [3.63, 3.8) is 0 Å². The molecule has 0 radical (unpaired) electrons. The van der Waals surface area contributed by atoms with Crippen LogP contribution in [0, 0.1) is 5.92 Å². The van der Waals surface area contributed by atoms with Crippen molar-refractivity contribution in [2.24, 2.45) is 11.8 Å². The maximum atomic E-state index is 11.7. The lowest BCUT2D eigenvalue weighted by Gasteiger charge is -2.30. The molecule has 1 heterocycles. The minimum absolute atomic E-state index is 0.0482. The van der Waals surface area contributed by atoms with Gasteiger partial charge in [-0.3, -0.25) is 10.6 Å². The average molecular weight is 200 g/mol. The molecule has 0 spiro atoms. The van der Waals surface area contributed by atoms with Gasteiger partial charge >= 0.3 is 5.97 Å². The molecule has 0 aliphatic carbocycles. The molecule has 4 nitrogen and oxygen atoms in total. The molecule has 1 aliphatic rings. The first-order valence-electron chi connectivity index (χ1n) is 5.11. The Balaban J connectivity index is 2.44. The summed E-state index contributed by atoms with van der Waals surface area (Å²) in [7, 11) is 0. The van der Waals surface area contributed by atoms with E-state index >= 15 is 0 Å². The molecule has 1 aliphatic heterocycles. The molecule has 4 heteroatoms. The van der Waals surface area contributed by atoms with Crippen molar-refractivity contribution in [1.29, 1.82) is 0 Å². The van der Waals surface area contributed by atoms with Gasteiger partial charge in [-0.25, -0.2) is 5.01 Å². The third kappa shape index (κ3) is 3.64. The molecule has 1 fully saturated rings. The minimum Gasteiger partial charge on any atom is -0.460 e. The second-order valence-electron chi connectivity index (χ2n) is 4.87. The lowest BCUT2D eigenvalue weighted by Crippen LogP contribution is -2.44. The van der Waals surface area contributed by atoms with Crippen LogP contribution < -0.4 is 5.84 Å². The van der Waals surface area contributed by atoms with Crippen molar-refractivity contribution in [2.75, 3.05) is 13.1 Å². The monoisotopic (exact) mass is 200 g/mol. The van der Waals surface area contributed by atoms with Gasteiger partial charge in [0.05, 0.1) is 5.92 Å². The zero-order valence-corrected chi connectivity index (χ0v) is 9.25. The molecule has 2 N–H and O–H groups in total. The third-order valence-electron chi connectivity index (χ3n) is 2.19. The van der Waals surface area contributed by atoms with Gasteiger partial charge in [-0.2, -0.15) is 0 Å². The van der Waals surface area contributed by atoms with Gasteiger partial charge in [-0.1, -0.05) is 0 Å². The number of nitrogens with two attached hydrogens (primary N) is 1. The molecule has 82 valence electrons. The lowest BCUT2D eigenvalue weighted by atomic mass is 9.99. The van der Waals surface area contributed by atoms with Gasteiger partial charge in [-0.15, -0.1) is 0 Å². The van der Waals surface area contributed by atoms with Crippen LogP contribution in [0.2, 0.25) is 0 Å². The van der Waals surface area contributed by atoms with Crippen LogP contribution >= 0.6 is 0 Å². The Morgan fingerprint density at radius 2 is 2.14 bits per heavy atom. The highest BCUT2D eigenvalue weighted by Crippen LogP contribution is 2.18. The van der Waals surface area contributed by atoms with Crippen molar-refractivity contribution in [1.82, 2.24) is 5.01 Å². The topological polar surface area (TPSA) is 55.6 Å². The number of carbonyl (C=O) groups is 1. The van der Waals surface area contributed by atoms with Gasteiger partial charge in [0.1, 0.15) is 5.60 Å². The Bertz CT molecular complexity index is 211. The smallest absolute Gasteiger partial charge is 0.310 e. The highest BCUT2D eigenvalue weighted by molar-refractivity contribution is 5.73. The van der Waals surface area contributed by atoms with Crippen molar-refractivity contribution in [3.05, 3.63) is 0 Å². The summed E-state index contributed by atoms with van der Waals surface area (Å²) in [4.78, 5) is 11.7. The summed E-state index contributed by atoms with van der Waals surface area (Å²) >= 11 is 0. The molecule has 1 rings (SSSR count). The number of esters is 1. The Morgan fingerprint density at radius 1 is 1.50 bits per heavy atom. The van der Waals surface area contributed by atoms with E-state index in [9.17, 15) is 4.79 Å². The van der Waals surface area contributed by atoms with Crippen molar-refractivity contribution < 1.29 is 9.53 Å². The van der Waals surface area contributed by atoms with E-state index in [2.05, 4.69) is 0 Å². The number of rotatable bonds is 1. The minimum atomic E-state index is -0.395. The zero-order valence-electron chi connectivity index (χ0n) is 9.25. The SMILES string of the molecule is CC(C)(C)OC(=O)[C@@H]1CCCN(N)C1. The number of hydrogen-bond donors (Lipinski definition) is 1. The van der Waals surface area contributed by atoms with Crippen LogP contribution in [0.15, 0.2) is 0 Å². The maximum Gasteiger partial charge on any atom is 0.310 e. The van der Waals surface area contributed by atoms with E-state index in [1.807, 2.05) is 20.8 Å². The van der Waals surface area contributed by atoms with E-state index in [0.717, 1.165) is 19.4 Å². The Kier molecular flexibility index (Phi) is 3.50. The lowest BCUT2D eigenvalue weighted by molar-refractivity contribution is -0.161. The average Bonchev–Trinajstić information content (AvgIpc) is 2.01. The first-order valence-corrected chi connectivity index (χ1v) is 5.11. The molecule has 0 aromatic heterocycles. The van der Waals surface area contributed by atoms with Crippen LogP contribution in [0.3, 0.4) is 0 Å². The summed E-state index contributed by atoms with van der Waals surface area (Å²) in [6.45, 7) is 7.14. The van der Waals surface area contributed by atoms with Gasteiger partial charge < -0.3 is 4.74 Å². The second-order valence-corrected chi connectivity index (χ2v) is 4.87. The highest BCUT2D eigenvalue weighted by Gasteiger charge is 2.28. The number of piperidine rings is 1. The fraction of sp³-hybridized carbons (Fsp3) is 0.900. The molecule has 1 saturated heterocycles. The van der Waals surface area contributed by atoms with E-state index < -0.39 is 5.60 Å². The molecule has 0 aromatic rings. The van der Waals surface area contributed by atoms with E-state index in [1.54, 1.807) is 5.01 Å². The summed E-state index contributed by atoms with van der Waals surface area (Å²) in [5.41, 5.74) is -0.395. The summed E-state index contributed by atoms with van der Waals surface area (Å²) < 4.78 is 5.30. The predicted molar refractivity (Wildman–Crippen MR) is 54.3 cm³/mol. The Hall–Kier alpha value is -0.610. The van der Waals surface area contributed by atoms with E-state index in [1.165, 1.54) is 0 Å². The van der Waals surface area contributed by atoms with Gasteiger partial charge in [0.15, 0.2) is 0 Å². The summed E-state index contributed by atoms with van der Waals surface area (Å²) in [5, 5.41) is 1.69.